The van der Waals surface area contributed by atoms with Crippen LogP contribution in [0, 0.1) is 0 Å². The third kappa shape index (κ3) is 3.21. The summed E-state index contributed by atoms with van der Waals surface area (Å²) in [7, 11) is 0. The van der Waals surface area contributed by atoms with Gasteiger partial charge in [0.25, 0.3) is 0 Å². The quantitative estimate of drug-likeness (QED) is 0.796. The van der Waals surface area contributed by atoms with Crippen LogP contribution in [0.15, 0.2) is 47.1 Å². The van der Waals surface area contributed by atoms with Crippen LogP contribution in [0.5, 0.6) is 0 Å². The molecule has 0 spiro atoms. The van der Waals surface area contributed by atoms with E-state index in [0.717, 1.165) is 6.42 Å². The highest BCUT2D eigenvalue weighted by molar-refractivity contribution is 5.88. The Morgan fingerprint density at radius 2 is 2.00 bits per heavy atom. The van der Waals surface area contributed by atoms with Crippen molar-refractivity contribution in [3.8, 4) is 0 Å². The van der Waals surface area contributed by atoms with E-state index in [0.29, 0.717) is 12.4 Å². The molecule has 0 amide bonds. The molecule has 0 aliphatic rings. The van der Waals surface area contributed by atoms with Crippen LogP contribution < -0.4 is 0 Å². The van der Waals surface area contributed by atoms with E-state index in [-0.39, 0.29) is 12.2 Å². The van der Waals surface area contributed by atoms with Crippen molar-refractivity contribution in [3.05, 3.63) is 59.5 Å². The second kappa shape index (κ2) is 6.02. The van der Waals surface area contributed by atoms with Gasteiger partial charge in [0.2, 0.25) is 0 Å². The van der Waals surface area contributed by atoms with Crippen molar-refractivity contribution in [2.45, 2.75) is 13.0 Å². The van der Waals surface area contributed by atoms with Crippen molar-refractivity contribution >= 4 is 5.97 Å². The number of carboxylic acid groups (broad SMARTS) is 1. The van der Waals surface area contributed by atoms with Gasteiger partial charge in [-0.1, -0.05) is 30.3 Å². The van der Waals surface area contributed by atoms with Crippen LogP contribution in [0.25, 0.3) is 0 Å². The smallest absolute Gasteiger partial charge is 0.339 e. The fourth-order valence-corrected chi connectivity index (χ4v) is 1.64. The van der Waals surface area contributed by atoms with Crippen LogP contribution in [0.4, 0.5) is 0 Å². The molecule has 2 rings (SSSR count). The Kier molecular flexibility index (Phi) is 4.15. The molecule has 0 unspecified atom stereocenters. The Morgan fingerprint density at radius 1 is 1.22 bits per heavy atom. The summed E-state index contributed by atoms with van der Waals surface area (Å²) in [6.45, 7) is 0.714. The second-order valence-electron chi connectivity index (χ2n) is 3.85. The summed E-state index contributed by atoms with van der Waals surface area (Å²) >= 11 is 0. The van der Waals surface area contributed by atoms with Gasteiger partial charge < -0.3 is 14.3 Å². The van der Waals surface area contributed by atoms with Gasteiger partial charge in [-0.3, -0.25) is 0 Å². The lowest BCUT2D eigenvalue weighted by Gasteiger charge is -2.03. The molecule has 1 N–H and O–H groups in total. The predicted molar refractivity (Wildman–Crippen MR) is 65.5 cm³/mol. The van der Waals surface area contributed by atoms with Crippen LogP contribution in [0.3, 0.4) is 0 Å². The number of aromatic carboxylic acids is 1. The topological polar surface area (TPSA) is 59.7 Å². The van der Waals surface area contributed by atoms with E-state index >= 15 is 0 Å². The van der Waals surface area contributed by atoms with E-state index in [2.05, 4.69) is 0 Å². The lowest BCUT2D eigenvalue weighted by Crippen LogP contribution is -2.03. The molecule has 0 aliphatic carbocycles. The molecule has 1 aromatic carbocycles. The van der Waals surface area contributed by atoms with Crippen molar-refractivity contribution < 1.29 is 19.1 Å². The molecule has 0 radical (unpaired) electrons. The normalized spacial score (nSPS) is 10.4. The Bertz CT molecular complexity index is 502. The number of rotatable bonds is 6. The highest BCUT2D eigenvalue weighted by atomic mass is 16.5. The van der Waals surface area contributed by atoms with Gasteiger partial charge in [-0.15, -0.1) is 0 Å². The zero-order valence-electron chi connectivity index (χ0n) is 9.83. The molecule has 0 saturated heterocycles. The maximum absolute atomic E-state index is 10.8. The molecule has 0 atom stereocenters. The average molecular weight is 246 g/mol. The molecule has 1 heterocycles. The third-order valence-corrected chi connectivity index (χ3v) is 2.59. The van der Waals surface area contributed by atoms with Crippen LogP contribution in [0.1, 0.15) is 21.7 Å². The maximum atomic E-state index is 10.8. The SMILES string of the molecule is O=C(O)c1ccoc1COCCc1ccccc1. The van der Waals surface area contributed by atoms with Crippen LogP contribution in [-0.2, 0) is 17.8 Å². The van der Waals surface area contributed by atoms with Gasteiger partial charge >= 0.3 is 5.97 Å². The van der Waals surface area contributed by atoms with Crippen molar-refractivity contribution in [3.63, 3.8) is 0 Å². The number of hydrogen-bond donors (Lipinski definition) is 1. The summed E-state index contributed by atoms with van der Waals surface area (Å²) in [6, 6.07) is 11.4. The van der Waals surface area contributed by atoms with Crippen molar-refractivity contribution in [2.75, 3.05) is 6.61 Å². The molecule has 18 heavy (non-hydrogen) atoms. The highest BCUT2D eigenvalue weighted by Gasteiger charge is 2.12. The Labute approximate surface area is 105 Å². The van der Waals surface area contributed by atoms with Gasteiger partial charge in [-0.2, -0.15) is 0 Å². The first-order chi connectivity index (χ1) is 8.77. The Morgan fingerprint density at radius 3 is 2.72 bits per heavy atom. The molecule has 94 valence electrons. The number of ether oxygens (including phenoxy) is 1. The van der Waals surface area contributed by atoms with E-state index in [1.807, 2.05) is 30.3 Å². The minimum absolute atomic E-state index is 0.162. The molecule has 0 bridgehead atoms. The van der Waals surface area contributed by atoms with Gasteiger partial charge in [0.1, 0.15) is 17.9 Å². The molecule has 1 aromatic heterocycles. The number of furan rings is 1. The first-order valence-corrected chi connectivity index (χ1v) is 5.68. The van der Waals surface area contributed by atoms with Crippen LogP contribution in [-0.4, -0.2) is 17.7 Å². The second-order valence-corrected chi connectivity index (χ2v) is 3.85. The average Bonchev–Trinajstić information content (AvgIpc) is 2.84. The van der Waals surface area contributed by atoms with Gasteiger partial charge in [0, 0.05) is 0 Å². The zero-order chi connectivity index (χ0) is 12.8. The van der Waals surface area contributed by atoms with E-state index in [4.69, 9.17) is 14.3 Å². The largest absolute Gasteiger partial charge is 0.478 e. The van der Waals surface area contributed by atoms with Crippen molar-refractivity contribution in [2.24, 2.45) is 0 Å². The Hall–Kier alpha value is -2.07. The monoisotopic (exact) mass is 246 g/mol. The number of benzene rings is 1. The maximum Gasteiger partial charge on any atom is 0.339 e. The number of hydrogen-bond acceptors (Lipinski definition) is 3. The first kappa shape index (κ1) is 12.4. The van der Waals surface area contributed by atoms with Gasteiger partial charge in [0.15, 0.2) is 0 Å². The Balaban J connectivity index is 1.79. The lowest BCUT2D eigenvalue weighted by atomic mass is 10.2. The predicted octanol–water partition coefficient (Wildman–Crippen LogP) is 2.74. The van der Waals surface area contributed by atoms with E-state index in [1.165, 1.54) is 17.9 Å². The van der Waals surface area contributed by atoms with Crippen molar-refractivity contribution in [1.29, 1.82) is 0 Å². The molecule has 0 saturated carbocycles. The summed E-state index contributed by atoms with van der Waals surface area (Å²) in [6.07, 6.45) is 2.16. The molecule has 0 fully saturated rings. The molecule has 2 aromatic rings. The molecule has 0 aliphatic heterocycles. The fourth-order valence-electron chi connectivity index (χ4n) is 1.64. The standard InChI is InChI=1S/C14H14O4/c15-14(16)12-7-9-18-13(12)10-17-8-6-11-4-2-1-3-5-11/h1-5,7,9H,6,8,10H2,(H,15,16). The third-order valence-electron chi connectivity index (χ3n) is 2.59. The fraction of sp³-hybridized carbons (Fsp3) is 0.214. The van der Waals surface area contributed by atoms with Gasteiger partial charge in [-0.05, 0) is 18.1 Å². The van der Waals surface area contributed by atoms with Gasteiger partial charge in [0.05, 0.1) is 12.9 Å². The van der Waals surface area contributed by atoms with Crippen LogP contribution >= 0.6 is 0 Å². The summed E-state index contributed by atoms with van der Waals surface area (Å²) in [5.74, 6) is -0.638. The highest BCUT2D eigenvalue weighted by Crippen LogP contribution is 2.12. The van der Waals surface area contributed by atoms with E-state index in [1.54, 1.807) is 0 Å². The zero-order valence-corrected chi connectivity index (χ0v) is 9.83. The lowest BCUT2D eigenvalue weighted by molar-refractivity contribution is 0.0680. The van der Waals surface area contributed by atoms with E-state index < -0.39 is 5.97 Å². The summed E-state index contributed by atoms with van der Waals surface area (Å²) in [5.41, 5.74) is 1.35. The van der Waals surface area contributed by atoms with Crippen LogP contribution in [0.2, 0.25) is 0 Å². The minimum Gasteiger partial charge on any atom is -0.478 e. The minimum atomic E-state index is -0.995. The molecular formula is C14H14O4. The number of carboxylic acids is 1. The summed E-state index contributed by atoms with van der Waals surface area (Å²) in [5, 5.41) is 8.87. The van der Waals surface area contributed by atoms with Gasteiger partial charge in [-0.25, -0.2) is 4.79 Å². The molecule has 4 nitrogen and oxygen atoms in total. The molecular weight excluding hydrogens is 232 g/mol. The summed E-state index contributed by atoms with van der Waals surface area (Å²) in [4.78, 5) is 10.8. The molecule has 4 heteroatoms. The summed E-state index contributed by atoms with van der Waals surface area (Å²) < 4.78 is 10.5. The number of carbonyl (C=O) groups is 1. The van der Waals surface area contributed by atoms with Crippen molar-refractivity contribution in [1.82, 2.24) is 0 Å². The first-order valence-electron chi connectivity index (χ1n) is 5.68. The van der Waals surface area contributed by atoms with E-state index in [9.17, 15) is 4.79 Å².